The highest BCUT2D eigenvalue weighted by Gasteiger charge is 2.37. The molecule has 0 radical (unpaired) electrons. The highest BCUT2D eigenvalue weighted by Crippen LogP contribution is 2.28. The molecule has 0 atom stereocenters. The van der Waals surface area contributed by atoms with Gasteiger partial charge < -0.3 is 4.55 Å². The van der Waals surface area contributed by atoms with Gasteiger partial charge in [-0.3, -0.25) is 4.79 Å². The first-order valence-electron chi connectivity index (χ1n) is 8.27. The van der Waals surface area contributed by atoms with E-state index in [1.807, 2.05) is 26.8 Å². The predicted molar refractivity (Wildman–Crippen MR) is 95.4 cm³/mol. The van der Waals surface area contributed by atoms with Crippen LogP contribution in [0, 0.1) is 8.99 Å². The highest BCUT2D eigenvalue weighted by molar-refractivity contribution is 7.86. The van der Waals surface area contributed by atoms with E-state index in [0.29, 0.717) is 5.78 Å². The van der Waals surface area contributed by atoms with E-state index in [0.717, 1.165) is 18.4 Å². The average molecular weight is 530 g/mol. The molecule has 9 heteroatoms. The predicted octanol–water partition coefficient (Wildman–Crippen LogP) is 1.61. The summed E-state index contributed by atoms with van der Waals surface area (Å²) in [5, 5.41) is 0. The van der Waals surface area contributed by atoms with Crippen molar-refractivity contribution in [2.45, 2.75) is 46.0 Å². The molecule has 0 saturated carbocycles. The van der Waals surface area contributed by atoms with Crippen LogP contribution in [0.1, 0.15) is 40.5 Å². The standard InChI is InChI=1S/C18H22IO.CHF3O3S/c1-13-10-11-16(19-14-8-6-5-7-9-14)15(12-13)17(20)18(2,3)4;2-1(3,4)8(5,6)7/h5-10H,11-12H2,1-4H3;(H,5,6,7)/q+1;/p-1. The fourth-order valence-corrected chi connectivity index (χ4v) is 4.92. The first-order valence-corrected chi connectivity index (χ1v) is 11.8. The minimum atomic E-state index is -6.09. The zero-order chi connectivity index (χ0) is 21.8. The Hall–Kier alpha value is -1.20. The van der Waals surface area contributed by atoms with Crippen LogP contribution in [-0.4, -0.2) is 24.3 Å². The normalized spacial score (nSPS) is 15.5. The fraction of sp³-hybridized carbons (Fsp3) is 0.421. The Morgan fingerprint density at radius 1 is 1.11 bits per heavy atom. The third kappa shape index (κ3) is 7.67. The van der Waals surface area contributed by atoms with Gasteiger partial charge in [0.2, 0.25) is 0 Å². The molecule has 1 aliphatic carbocycles. The zero-order valence-corrected chi connectivity index (χ0v) is 18.9. The van der Waals surface area contributed by atoms with Crippen molar-refractivity contribution in [2.24, 2.45) is 5.41 Å². The molecule has 0 N–H and O–H groups in total. The van der Waals surface area contributed by atoms with Crippen molar-refractivity contribution >= 4 is 15.9 Å². The Balaban J connectivity index is 0.000000416. The molecule has 4 nitrogen and oxygen atoms in total. The first kappa shape index (κ1) is 24.8. The largest absolute Gasteiger partial charge is 0.741 e. The molecule has 28 heavy (non-hydrogen) atoms. The smallest absolute Gasteiger partial charge is 0.485 e. The van der Waals surface area contributed by atoms with Gasteiger partial charge in [0.15, 0.2) is 23.1 Å². The third-order valence-electron chi connectivity index (χ3n) is 3.61. The van der Waals surface area contributed by atoms with Crippen LogP contribution in [0.3, 0.4) is 0 Å². The summed E-state index contributed by atoms with van der Waals surface area (Å²) in [5.74, 6) is 0.329. The van der Waals surface area contributed by atoms with Crippen molar-refractivity contribution in [2.75, 3.05) is 0 Å². The number of hydrogen-bond acceptors (Lipinski definition) is 4. The van der Waals surface area contributed by atoms with Gasteiger partial charge >= 0.3 is 26.7 Å². The molecule has 0 aromatic heterocycles. The van der Waals surface area contributed by atoms with Crippen LogP contribution in [0.2, 0.25) is 0 Å². The molecular formula is C19H22F3IO4S. The number of carbonyl (C=O) groups is 1. The van der Waals surface area contributed by atoms with Crippen LogP contribution in [0.15, 0.2) is 51.1 Å². The molecule has 156 valence electrons. The lowest BCUT2D eigenvalue weighted by atomic mass is 9.82. The van der Waals surface area contributed by atoms with Crippen molar-refractivity contribution in [3.05, 3.63) is 54.7 Å². The van der Waals surface area contributed by atoms with Crippen LogP contribution < -0.4 is 21.2 Å². The van der Waals surface area contributed by atoms with E-state index in [9.17, 15) is 18.0 Å². The van der Waals surface area contributed by atoms with Gasteiger partial charge in [-0.05, 0) is 19.1 Å². The Morgan fingerprint density at radius 2 is 1.61 bits per heavy atom. The van der Waals surface area contributed by atoms with Gasteiger partial charge in [-0.15, -0.1) is 0 Å². The first-order chi connectivity index (χ1) is 12.6. The number of carbonyl (C=O) groups excluding carboxylic acids is 1. The Morgan fingerprint density at radius 3 is 2.04 bits per heavy atom. The number of hydrogen-bond donors (Lipinski definition) is 0. The van der Waals surface area contributed by atoms with Gasteiger partial charge in [-0.2, -0.15) is 13.2 Å². The summed E-state index contributed by atoms with van der Waals surface area (Å²) >= 11 is -0.222. The van der Waals surface area contributed by atoms with E-state index in [-0.39, 0.29) is 26.6 Å². The van der Waals surface area contributed by atoms with E-state index in [2.05, 4.69) is 37.3 Å². The Labute approximate surface area is 173 Å². The lowest BCUT2D eigenvalue weighted by Gasteiger charge is -2.21. The van der Waals surface area contributed by atoms with E-state index in [1.165, 1.54) is 12.7 Å². The number of rotatable bonds is 3. The van der Waals surface area contributed by atoms with Crippen LogP contribution in [0.5, 0.6) is 0 Å². The molecule has 0 fully saturated rings. The highest BCUT2D eigenvalue weighted by atomic mass is 127. The molecule has 0 spiro atoms. The lowest BCUT2D eigenvalue weighted by Crippen LogP contribution is -3.61. The molecule has 0 bridgehead atoms. The Kier molecular flexibility index (Phi) is 8.46. The van der Waals surface area contributed by atoms with Crippen molar-refractivity contribution in [3.63, 3.8) is 0 Å². The number of allylic oxidation sites excluding steroid dienone is 4. The maximum atomic E-state index is 12.7. The van der Waals surface area contributed by atoms with Crippen LogP contribution in [0.4, 0.5) is 13.2 Å². The summed E-state index contributed by atoms with van der Waals surface area (Å²) < 4.78 is 61.7. The van der Waals surface area contributed by atoms with E-state index in [1.54, 1.807) is 0 Å². The summed E-state index contributed by atoms with van der Waals surface area (Å²) in [7, 11) is -6.09. The maximum absolute atomic E-state index is 12.7. The molecule has 0 amide bonds. The number of halogens is 4. The molecule has 1 aliphatic rings. The zero-order valence-electron chi connectivity index (χ0n) is 15.9. The van der Waals surface area contributed by atoms with Gasteiger partial charge in [-0.25, -0.2) is 8.42 Å². The van der Waals surface area contributed by atoms with Gasteiger partial charge in [0.25, 0.3) is 0 Å². The van der Waals surface area contributed by atoms with E-state index >= 15 is 0 Å². The van der Waals surface area contributed by atoms with Gasteiger partial charge in [-0.1, -0.05) is 50.6 Å². The number of benzene rings is 1. The van der Waals surface area contributed by atoms with Crippen LogP contribution in [0.25, 0.3) is 0 Å². The molecule has 1 aromatic carbocycles. The summed E-state index contributed by atoms with van der Waals surface area (Å²) in [6.45, 7) is 8.20. The fourth-order valence-electron chi connectivity index (χ4n) is 2.20. The summed E-state index contributed by atoms with van der Waals surface area (Å²) in [6, 6.07) is 10.6. The van der Waals surface area contributed by atoms with Gasteiger partial charge in [0, 0.05) is 23.8 Å². The second-order valence-corrected chi connectivity index (χ2v) is 11.6. The minimum absolute atomic E-state index is 0.222. The third-order valence-corrected chi connectivity index (χ3v) is 7.26. The molecule has 0 aliphatic heterocycles. The lowest BCUT2D eigenvalue weighted by molar-refractivity contribution is -0.578. The monoisotopic (exact) mass is 530 g/mol. The van der Waals surface area contributed by atoms with Crippen LogP contribution in [-0.2, 0) is 14.9 Å². The minimum Gasteiger partial charge on any atom is -0.741 e. The second kappa shape index (κ2) is 9.53. The molecule has 0 unspecified atom stereocenters. The topological polar surface area (TPSA) is 74.3 Å². The number of ketones is 1. The quantitative estimate of drug-likeness (QED) is 0.258. The van der Waals surface area contributed by atoms with Crippen molar-refractivity contribution in [3.8, 4) is 0 Å². The SMILES string of the molecule is CC1=CCC([I+]c2ccccc2)=C(C(=O)C(C)(C)C)C1.O=S(=O)([O-])C(F)(F)F. The van der Waals surface area contributed by atoms with E-state index in [4.69, 9.17) is 13.0 Å². The Bertz CT molecular complexity index is 865. The molecular weight excluding hydrogens is 508 g/mol. The molecule has 1 aromatic rings. The summed E-state index contributed by atoms with van der Waals surface area (Å²) in [6.07, 6.45) is 4.10. The maximum Gasteiger partial charge on any atom is 0.485 e. The molecule has 0 heterocycles. The number of Topliss-reactive ketones (excluding diaryl/α,β-unsaturated/α-hetero) is 1. The molecule has 0 saturated heterocycles. The van der Waals surface area contributed by atoms with Crippen molar-refractivity contribution in [1.29, 1.82) is 0 Å². The van der Waals surface area contributed by atoms with E-state index < -0.39 is 15.6 Å². The van der Waals surface area contributed by atoms with Crippen molar-refractivity contribution in [1.82, 2.24) is 0 Å². The summed E-state index contributed by atoms with van der Waals surface area (Å²) in [4.78, 5) is 12.7. The van der Waals surface area contributed by atoms with Gasteiger partial charge in [0.05, 0.1) is 0 Å². The summed E-state index contributed by atoms with van der Waals surface area (Å²) in [5.41, 5.74) is -3.50. The molecule has 2 rings (SSSR count). The number of alkyl halides is 3. The van der Waals surface area contributed by atoms with Crippen molar-refractivity contribution < 1.29 is 52.1 Å². The average Bonchev–Trinajstić information content (AvgIpc) is 2.54. The second-order valence-electron chi connectivity index (χ2n) is 7.18. The van der Waals surface area contributed by atoms with Gasteiger partial charge in [0.1, 0.15) is 0 Å². The van der Waals surface area contributed by atoms with Crippen LogP contribution >= 0.6 is 0 Å².